The van der Waals surface area contributed by atoms with Crippen LogP contribution in [0.2, 0.25) is 0 Å². The number of aromatic nitrogens is 1. The lowest BCUT2D eigenvalue weighted by Gasteiger charge is -2.11. The second kappa shape index (κ2) is 6.76. The topological polar surface area (TPSA) is 44.9 Å². The molecule has 0 saturated carbocycles. The van der Waals surface area contributed by atoms with Gasteiger partial charge < -0.3 is 10.3 Å². The van der Waals surface area contributed by atoms with Gasteiger partial charge in [-0.05, 0) is 73.2 Å². The van der Waals surface area contributed by atoms with Crippen LogP contribution in [0.3, 0.4) is 0 Å². The van der Waals surface area contributed by atoms with Crippen molar-refractivity contribution in [3.63, 3.8) is 0 Å². The van der Waals surface area contributed by atoms with Crippen molar-refractivity contribution >= 4 is 16.8 Å². The number of rotatable bonds is 3. The summed E-state index contributed by atoms with van der Waals surface area (Å²) in [5.41, 5.74) is 4.20. The Hall–Kier alpha value is -2.76. The lowest BCUT2D eigenvalue weighted by molar-refractivity contribution is -0.137. The number of H-pyrrole nitrogens is 1. The van der Waals surface area contributed by atoms with Crippen molar-refractivity contribution < 1.29 is 18.0 Å². The molecular weight excluding hydrogens is 353 g/mol. The molecule has 140 valence electrons. The summed E-state index contributed by atoms with van der Waals surface area (Å²) in [4.78, 5) is 15.7. The highest BCUT2D eigenvalue weighted by molar-refractivity contribution is 5.94. The molecule has 0 atom stereocenters. The number of fused-ring (bicyclic) bond motifs is 3. The number of aromatic amines is 1. The first-order chi connectivity index (χ1) is 12.9. The van der Waals surface area contributed by atoms with Crippen molar-refractivity contribution in [3.8, 4) is 0 Å². The maximum absolute atomic E-state index is 12.6. The van der Waals surface area contributed by atoms with E-state index in [4.69, 9.17) is 0 Å². The Balaban J connectivity index is 1.47. The van der Waals surface area contributed by atoms with Gasteiger partial charge >= 0.3 is 6.18 Å². The van der Waals surface area contributed by atoms with Crippen LogP contribution in [0.5, 0.6) is 0 Å². The summed E-state index contributed by atoms with van der Waals surface area (Å²) < 4.78 is 37.8. The Kier molecular flexibility index (Phi) is 4.42. The molecule has 0 radical (unpaired) electrons. The molecule has 1 heterocycles. The third kappa shape index (κ3) is 3.56. The quantitative estimate of drug-likeness (QED) is 0.668. The predicted octanol–water partition coefficient (Wildman–Crippen LogP) is 5.00. The molecule has 1 amide bonds. The van der Waals surface area contributed by atoms with Crippen LogP contribution in [0.25, 0.3) is 10.9 Å². The Morgan fingerprint density at radius 2 is 1.78 bits per heavy atom. The van der Waals surface area contributed by atoms with E-state index in [1.165, 1.54) is 41.6 Å². The number of nitrogens with one attached hydrogen (secondary N) is 2. The van der Waals surface area contributed by atoms with Crippen molar-refractivity contribution in [1.29, 1.82) is 0 Å². The maximum Gasteiger partial charge on any atom is 0.416 e. The average molecular weight is 372 g/mol. The maximum atomic E-state index is 12.6. The minimum atomic E-state index is -4.40. The van der Waals surface area contributed by atoms with Crippen LogP contribution in [0, 0.1) is 0 Å². The highest BCUT2D eigenvalue weighted by atomic mass is 19.4. The normalized spacial score (nSPS) is 14.2. The van der Waals surface area contributed by atoms with Crippen LogP contribution in [0.1, 0.15) is 45.6 Å². The van der Waals surface area contributed by atoms with E-state index in [9.17, 15) is 18.0 Å². The summed E-state index contributed by atoms with van der Waals surface area (Å²) in [7, 11) is 0. The second-order valence-electron chi connectivity index (χ2n) is 6.93. The van der Waals surface area contributed by atoms with Gasteiger partial charge in [-0.25, -0.2) is 0 Å². The van der Waals surface area contributed by atoms with Gasteiger partial charge in [-0.2, -0.15) is 13.2 Å². The number of hydrogen-bond donors (Lipinski definition) is 2. The lowest BCUT2D eigenvalue weighted by Crippen LogP contribution is -2.22. The molecule has 0 spiro atoms. The summed E-state index contributed by atoms with van der Waals surface area (Å²) >= 11 is 0. The SMILES string of the molecule is O=C(NCc1ccc2[nH]c3c(c2c1)CCCC3)c1ccc(C(F)(F)F)cc1. The van der Waals surface area contributed by atoms with Gasteiger partial charge in [0, 0.05) is 28.7 Å². The molecule has 4 rings (SSSR count). The van der Waals surface area contributed by atoms with Gasteiger partial charge in [0.05, 0.1) is 5.56 Å². The van der Waals surface area contributed by atoms with E-state index < -0.39 is 11.7 Å². The van der Waals surface area contributed by atoms with Gasteiger partial charge in [0.1, 0.15) is 0 Å². The molecular formula is C21H19F3N2O. The van der Waals surface area contributed by atoms with Crippen LogP contribution in [0.4, 0.5) is 13.2 Å². The lowest BCUT2D eigenvalue weighted by atomic mass is 9.95. The number of amides is 1. The van der Waals surface area contributed by atoms with Crippen molar-refractivity contribution in [1.82, 2.24) is 10.3 Å². The third-order valence-corrected chi connectivity index (χ3v) is 5.09. The molecule has 1 aromatic heterocycles. The summed E-state index contributed by atoms with van der Waals surface area (Å²) in [5.74, 6) is -0.389. The Morgan fingerprint density at radius 1 is 1.04 bits per heavy atom. The summed E-state index contributed by atoms with van der Waals surface area (Å²) in [6.45, 7) is 0.329. The molecule has 2 aromatic carbocycles. The van der Waals surface area contributed by atoms with Crippen molar-refractivity contribution in [2.45, 2.75) is 38.4 Å². The minimum absolute atomic E-state index is 0.211. The fourth-order valence-electron chi connectivity index (χ4n) is 3.66. The first-order valence-electron chi connectivity index (χ1n) is 8.99. The van der Waals surface area contributed by atoms with E-state index >= 15 is 0 Å². The largest absolute Gasteiger partial charge is 0.416 e. The van der Waals surface area contributed by atoms with E-state index in [0.717, 1.165) is 36.1 Å². The van der Waals surface area contributed by atoms with Crippen LogP contribution in [-0.4, -0.2) is 10.9 Å². The molecule has 1 aliphatic carbocycles. The van der Waals surface area contributed by atoms with Crippen molar-refractivity contribution in [2.75, 3.05) is 0 Å². The average Bonchev–Trinajstić information content (AvgIpc) is 3.03. The van der Waals surface area contributed by atoms with Crippen molar-refractivity contribution in [2.24, 2.45) is 0 Å². The first-order valence-corrected chi connectivity index (χ1v) is 8.99. The van der Waals surface area contributed by atoms with Gasteiger partial charge in [0.25, 0.3) is 5.91 Å². The molecule has 2 N–H and O–H groups in total. The Labute approximate surface area is 154 Å². The number of hydrogen-bond acceptors (Lipinski definition) is 1. The highest BCUT2D eigenvalue weighted by Crippen LogP contribution is 2.30. The number of benzene rings is 2. The number of aryl methyl sites for hydroxylation is 2. The van der Waals surface area contributed by atoms with E-state index in [0.29, 0.717) is 6.54 Å². The van der Waals surface area contributed by atoms with Gasteiger partial charge in [-0.1, -0.05) is 6.07 Å². The van der Waals surface area contributed by atoms with E-state index in [1.54, 1.807) is 0 Å². The zero-order valence-corrected chi connectivity index (χ0v) is 14.6. The molecule has 0 unspecified atom stereocenters. The van der Waals surface area contributed by atoms with E-state index in [2.05, 4.69) is 16.4 Å². The van der Waals surface area contributed by atoms with Gasteiger partial charge in [0.15, 0.2) is 0 Å². The van der Waals surface area contributed by atoms with Crippen LogP contribution >= 0.6 is 0 Å². The standard InChI is InChI=1S/C21H19F3N2O/c22-21(23,24)15-8-6-14(7-9-15)20(27)25-12-13-5-10-19-17(11-13)16-3-1-2-4-18(16)26-19/h5-11,26H,1-4,12H2,(H,25,27). The summed E-state index contributed by atoms with van der Waals surface area (Å²) in [5, 5.41) is 3.98. The minimum Gasteiger partial charge on any atom is -0.358 e. The second-order valence-corrected chi connectivity index (χ2v) is 6.93. The molecule has 0 bridgehead atoms. The fourth-order valence-corrected chi connectivity index (χ4v) is 3.66. The van der Waals surface area contributed by atoms with E-state index in [-0.39, 0.29) is 11.5 Å². The monoisotopic (exact) mass is 372 g/mol. The number of alkyl halides is 3. The fraction of sp³-hybridized carbons (Fsp3) is 0.286. The van der Waals surface area contributed by atoms with Gasteiger partial charge in [0.2, 0.25) is 0 Å². The highest BCUT2D eigenvalue weighted by Gasteiger charge is 2.30. The van der Waals surface area contributed by atoms with Crippen molar-refractivity contribution in [3.05, 3.63) is 70.4 Å². The first kappa shape index (κ1) is 17.6. The van der Waals surface area contributed by atoms with E-state index in [1.807, 2.05) is 12.1 Å². The molecule has 27 heavy (non-hydrogen) atoms. The van der Waals surface area contributed by atoms with Crippen LogP contribution in [-0.2, 0) is 25.6 Å². The number of carbonyl (C=O) groups excluding carboxylic acids is 1. The predicted molar refractivity (Wildman–Crippen MR) is 97.6 cm³/mol. The molecule has 0 aliphatic heterocycles. The van der Waals surface area contributed by atoms with Crippen LogP contribution in [0.15, 0.2) is 42.5 Å². The molecule has 1 aliphatic rings. The molecule has 6 heteroatoms. The molecule has 0 fully saturated rings. The Morgan fingerprint density at radius 3 is 2.52 bits per heavy atom. The molecule has 3 nitrogen and oxygen atoms in total. The smallest absolute Gasteiger partial charge is 0.358 e. The Bertz CT molecular complexity index is 987. The number of carbonyl (C=O) groups is 1. The van der Waals surface area contributed by atoms with Crippen LogP contribution < -0.4 is 5.32 Å². The molecule has 0 saturated heterocycles. The number of halogens is 3. The zero-order chi connectivity index (χ0) is 19.0. The third-order valence-electron chi connectivity index (χ3n) is 5.09. The van der Waals surface area contributed by atoms with Gasteiger partial charge in [-0.15, -0.1) is 0 Å². The summed E-state index contributed by atoms with van der Waals surface area (Å²) in [6, 6.07) is 10.3. The zero-order valence-electron chi connectivity index (χ0n) is 14.6. The summed E-state index contributed by atoms with van der Waals surface area (Å²) in [6.07, 6.45) is 0.130. The van der Waals surface area contributed by atoms with Gasteiger partial charge in [-0.3, -0.25) is 4.79 Å². The molecule has 3 aromatic rings.